The summed E-state index contributed by atoms with van der Waals surface area (Å²) in [4.78, 5) is 17.1. The number of sulfonamides is 1. The SMILES string of the molecule is CN(C)c1cccc2c(S(=O)(=O)N[C@@H](CCCN=C(N)N)C(=O)C(F)(F)F)cccc12. The number of nitrogens with two attached hydrogens (primary N) is 2. The summed E-state index contributed by atoms with van der Waals surface area (Å²) in [7, 11) is -0.901. The molecule has 0 aliphatic heterocycles. The number of carbonyl (C=O) groups is 1. The number of nitrogens with one attached hydrogen (secondary N) is 1. The lowest BCUT2D eigenvalue weighted by Crippen LogP contribution is -2.46. The van der Waals surface area contributed by atoms with Crippen molar-refractivity contribution in [3.05, 3.63) is 36.4 Å². The van der Waals surface area contributed by atoms with Crippen LogP contribution in [0.2, 0.25) is 0 Å². The number of fused-ring (bicyclic) bond motifs is 1. The van der Waals surface area contributed by atoms with E-state index in [1.54, 1.807) is 43.3 Å². The predicted molar refractivity (Wildman–Crippen MR) is 113 cm³/mol. The maximum Gasteiger partial charge on any atom is 0.451 e. The minimum absolute atomic E-state index is 0.0345. The Morgan fingerprint density at radius 1 is 1.13 bits per heavy atom. The van der Waals surface area contributed by atoms with Crippen LogP contribution >= 0.6 is 0 Å². The molecule has 2 aromatic carbocycles. The molecular weight excluding hydrogens is 435 g/mol. The average Bonchev–Trinajstić information content (AvgIpc) is 2.67. The summed E-state index contributed by atoms with van der Waals surface area (Å²) in [6.07, 6.45) is -5.67. The van der Waals surface area contributed by atoms with Crippen LogP contribution in [-0.4, -0.2) is 53.0 Å². The topological polar surface area (TPSA) is 131 Å². The molecule has 0 heterocycles. The maximum atomic E-state index is 13.1. The molecular formula is C19H24F3N5O3S. The Bertz CT molecular complexity index is 1080. The largest absolute Gasteiger partial charge is 0.451 e. The van der Waals surface area contributed by atoms with Crippen molar-refractivity contribution >= 4 is 38.2 Å². The van der Waals surface area contributed by atoms with Crippen molar-refractivity contribution in [2.24, 2.45) is 16.5 Å². The van der Waals surface area contributed by atoms with Crippen molar-refractivity contribution in [2.45, 2.75) is 30.0 Å². The number of guanidine groups is 1. The van der Waals surface area contributed by atoms with Gasteiger partial charge in [-0.25, -0.2) is 13.1 Å². The number of benzene rings is 2. The van der Waals surface area contributed by atoms with E-state index >= 15 is 0 Å². The first-order valence-electron chi connectivity index (χ1n) is 9.22. The van der Waals surface area contributed by atoms with Gasteiger partial charge in [0, 0.05) is 37.1 Å². The molecule has 1 atom stereocenters. The van der Waals surface area contributed by atoms with E-state index < -0.39 is 34.4 Å². The number of ketones is 1. The molecule has 0 unspecified atom stereocenters. The third-order valence-electron chi connectivity index (χ3n) is 4.47. The standard InChI is InChI=1S/C19H24F3N5O3S/c1-27(2)15-9-3-7-13-12(15)6-4-10-16(13)31(29,30)26-14(17(28)19(20,21)22)8-5-11-25-18(23)24/h3-4,6-7,9-10,14,26H,5,8,11H2,1-2H3,(H4,23,24,25)/t14-/m0/s1. The van der Waals surface area contributed by atoms with Gasteiger partial charge in [-0.2, -0.15) is 13.2 Å². The Balaban J connectivity index is 2.43. The minimum Gasteiger partial charge on any atom is -0.377 e. The molecule has 0 radical (unpaired) electrons. The number of Topliss-reactive ketones (excluding diaryl/α,β-unsaturated/α-hetero) is 1. The van der Waals surface area contributed by atoms with E-state index in [0.29, 0.717) is 10.8 Å². The zero-order valence-electron chi connectivity index (χ0n) is 17.0. The Morgan fingerprint density at radius 2 is 1.74 bits per heavy atom. The highest BCUT2D eigenvalue weighted by Gasteiger charge is 2.44. The lowest BCUT2D eigenvalue weighted by molar-refractivity contribution is -0.173. The molecule has 8 nitrogen and oxygen atoms in total. The first-order chi connectivity index (χ1) is 14.3. The molecule has 5 N–H and O–H groups in total. The number of hydrogen-bond donors (Lipinski definition) is 3. The lowest BCUT2D eigenvalue weighted by atomic mass is 10.1. The second-order valence-electron chi connectivity index (χ2n) is 7.01. The summed E-state index contributed by atoms with van der Waals surface area (Å²) < 4.78 is 67.1. The van der Waals surface area contributed by atoms with Crippen molar-refractivity contribution in [1.82, 2.24) is 4.72 Å². The fourth-order valence-electron chi connectivity index (χ4n) is 3.08. The van der Waals surface area contributed by atoms with Gasteiger partial charge in [-0.15, -0.1) is 0 Å². The number of halogens is 3. The highest BCUT2D eigenvalue weighted by molar-refractivity contribution is 7.89. The van der Waals surface area contributed by atoms with Crippen LogP contribution in [0.3, 0.4) is 0 Å². The molecule has 12 heteroatoms. The molecule has 0 saturated heterocycles. The summed E-state index contributed by atoms with van der Waals surface area (Å²) in [6, 6.07) is 7.44. The van der Waals surface area contributed by atoms with Crippen molar-refractivity contribution in [3.8, 4) is 0 Å². The smallest absolute Gasteiger partial charge is 0.377 e. The minimum atomic E-state index is -5.21. The highest BCUT2D eigenvalue weighted by Crippen LogP contribution is 2.30. The fourth-order valence-corrected chi connectivity index (χ4v) is 4.54. The number of anilines is 1. The van der Waals surface area contributed by atoms with Gasteiger partial charge in [-0.3, -0.25) is 9.79 Å². The lowest BCUT2D eigenvalue weighted by Gasteiger charge is -2.20. The van der Waals surface area contributed by atoms with Crippen LogP contribution in [0.4, 0.5) is 18.9 Å². The van der Waals surface area contributed by atoms with Gasteiger partial charge in [0.15, 0.2) is 5.96 Å². The predicted octanol–water partition coefficient (Wildman–Crippen LogP) is 1.74. The van der Waals surface area contributed by atoms with Gasteiger partial charge in [0.1, 0.15) is 0 Å². The number of aliphatic imine (C=N–C) groups is 1. The Kier molecular flexibility index (Phi) is 7.49. The molecule has 0 aromatic heterocycles. The van der Waals surface area contributed by atoms with Crippen LogP contribution in [0.15, 0.2) is 46.3 Å². The average molecular weight is 459 g/mol. The van der Waals surface area contributed by atoms with Gasteiger partial charge < -0.3 is 16.4 Å². The van der Waals surface area contributed by atoms with Crippen LogP contribution in [0.5, 0.6) is 0 Å². The van der Waals surface area contributed by atoms with Gasteiger partial charge in [-0.1, -0.05) is 24.3 Å². The van der Waals surface area contributed by atoms with E-state index in [-0.39, 0.29) is 23.8 Å². The summed E-state index contributed by atoms with van der Waals surface area (Å²) in [5.74, 6) is -2.44. The van der Waals surface area contributed by atoms with Gasteiger partial charge in [0.05, 0.1) is 10.9 Å². The zero-order valence-corrected chi connectivity index (χ0v) is 17.8. The van der Waals surface area contributed by atoms with Crippen LogP contribution in [0.25, 0.3) is 10.8 Å². The molecule has 0 aliphatic rings. The van der Waals surface area contributed by atoms with E-state index in [9.17, 15) is 26.4 Å². The van der Waals surface area contributed by atoms with Crippen LogP contribution in [0, 0.1) is 0 Å². The molecule has 0 aliphatic carbocycles. The number of alkyl halides is 3. The summed E-state index contributed by atoms with van der Waals surface area (Å²) >= 11 is 0. The van der Waals surface area contributed by atoms with Gasteiger partial charge in [0.25, 0.3) is 5.78 Å². The van der Waals surface area contributed by atoms with Gasteiger partial charge in [0.2, 0.25) is 10.0 Å². The van der Waals surface area contributed by atoms with Crippen molar-refractivity contribution < 1.29 is 26.4 Å². The van der Waals surface area contributed by atoms with E-state index in [1.807, 2.05) is 4.72 Å². The van der Waals surface area contributed by atoms with Crippen molar-refractivity contribution in [1.29, 1.82) is 0 Å². The second-order valence-corrected chi connectivity index (χ2v) is 8.69. The molecule has 31 heavy (non-hydrogen) atoms. The van der Waals surface area contributed by atoms with Crippen molar-refractivity contribution in [2.75, 3.05) is 25.5 Å². The van der Waals surface area contributed by atoms with Gasteiger partial charge in [-0.05, 0) is 25.0 Å². The molecule has 0 amide bonds. The number of nitrogens with zero attached hydrogens (tertiary/aromatic N) is 2. The third-order valence-corrected chi connectivity index (χ3v) is 6.00. The normalized spacial score (nSPS) is 13.1. The first-order valence-corrected chi connectivity index (χ1v) is 10.7. The molecule has 2 aromatic rings. The quantitative estimate of drug-likeness (QED) is 0.297. The number of hydrogen-bond acceptors (Lipinski definition) is 5. The Morgan fingerprint density at radius 3 is 2.32 bits per heavy atom. The molecule has 0 bridgehead atoms. The van der Waals surface area contributed by atoms with E-state index in [4.69, 9.17) is 11.5 Å². The van der Waals surface area contributed by atoms with E-state index in [0.717, 1.165) is 5.69 Å². The summed E-state index contributed by atoms with van der Waals surface area (Å²) in [6.45, 7) is -0.0494. The molecule has 2 rings (SSSR count). The number of carbonyl (C=O) groups excluding carboxylic acids is 1. The molecule has 0 spiro atoms. The van der Waals surface area contributed by atoms with Crippen LogP contribution < -0.4 is 21.1 Å². The fraction of sp³-hybridized carbons (Fsp3) is 0.368. The molecule has 0 fully saturated rings. The third kappa shape index (κ3) is 6.07. The number of rotatable bonds is 9. The first kappa shape index (κ1) is 24.4. The van der Waals surface area contributed by atoms with E-state index in [2.05, 4.69) is 4.99 Å². The zero-order chi connectivity index (χ0) is 23.4. The van der Waals surface area contributed by atoms with Crippen molar-refractivity contribution in [3.63, 3.8) is 0 Å². The van der Waals surface area contributed by atoms with Gasteiger partial charge >= 0.3 is 6.18 Å². The summed E-state index contributed by atoms with van der Waals surface area (Å²) in [5, 5.41) is 0.918. The Labute approximate surface area is 178 Å². The highest BCUT2D eigenvalue weighted by atomic mass is 32.2. The van der Waals surface area contributed by atoms with Crippen LogP contribution in [-0.2, 0) is 14.8 Å². The maximum absolute atomic E-state index is 13.1. The monoisotopic (exact) mass is 459 g/mol. The van der Waals surface area contributed by atoms with E-state index in [1.165, 1.54) is 12.1 Å². The molecule has 0 saturated carbocycles. The summed E-state index contributed by atoms with van der Waals surface area (Å²) in [5.41, 5.74) is 11.1. The van der Waals surface area contributed by atoms with Crippen LogP contribution in [0.1, 0.15) is 12.8 Å². The Hall–Kier alpha value is -2.86. The second kappa shape index (κ2) is 9.52. The molecule has 170 valence electrons.